The number of hydrogen-bond donors (Lipinski definition) is 2. The second-order valence-corrected chi connectivity index (χ2v) is 4.26. The van der Waals surface area contributed by atoms with Crippen LogP contribution >= 0.6 is 11.8 Å². The highest BCUT2D eigenvalue weighted by molar-refractivity contribution is 7.99. The summed E-state index contributed by atoms with van der Waals surface area (Å²) in [6.07, 6.45) is 1.61. The molecular weight excluding hydrogens is 214 g/mol. The predicted molar refractivity (Wildman–Crippen MR) is 59.9 cm³/mol. The second-order valence-electron chi connectivity index (χ2n) is 3.26. The zero-order chi connectivity index (χ0) is 10.8. The normalized spacial score (nSPS) is 20.5. The van der Waals surface area contributed by atoms with Gasteiger partial charge in [0.15, 0.2) is 0 Å². The van der Waals surface area contributed by atoms with Crippen LogP contribution in [0.15, 0.2) is 18.3 Å². The Morgan fingerprint density at radius 1 is 1.67 bits per heavy atom. The molecule has 80 valence electrons. The van der Waals surface area contributed by atoms with Crippen molar-refractivity contribution in [2.45, 2.75) is 6.04 Å². The molecule has 3 N–H and O–H groups in total. The zero-order valence-corrected chi connectivity index (χ0v) is 8.78. The van der Waals surface area contributed by atoms with Crippen molar-refractivity contribution in [2.75, 3.05) is 22.3 Å². The minimum Gasteiger partial charge on any atom is -0.480 e. The number of carboxylic acids is 1. The van der Waals surface area contributed by atoms with Gasteiger partial charge >= 0.3 is 5.97 Å². The molecule has 0 bridgehead atoms. The zero-order valence-electron chi connectivity index (χ0n) is 7.96. The van der Waals surface area contributed by atoms with E-state index in [0.717, 1.165) is 5.69 Å². The number of nitrogens with two attached hydrogens (primary N) is 1. The summed E-state index contributed by atoms with van der Waals surface area (Å²) in [7, 11) is 0. The quantitative estimate of drug-likeness (QED) is 0.768. The van der Waals surface area contributed by atoms with Crippen LogP contribution in [0.3, 0.4) is 0 Å². The molecule has 2 heterocycles. The van der Waals surface area contributed by atoms with Crippen LogP contribution in [0.4, 0.5) is 11.5 Å². The maximum Gasteiger partial charge on any atom is 0.327 e. The van der Waals surface area contributed by atoms with Crippen molar-refractivity contribution < 1.29 is 9.90 Å². The molecule has 1 aromatic rings. The number of nitrogens with zero attached hydrogens (tertiary/aromatic N) is 2. The highest BCUT2D eigenvalue weighted by Crippen LogP contribution is 2.27. The summed E-state index contributed by atoms with van der Waals surface area (Å²) in [6, 6.07) is 3.02. The number of hydrogen-bond acceptors (Lipinski definition) is 5. The fourth-order valence-electron chi connectivity index (χ4n) is 1.47. The lowest BCUT2D eigenvalue weighted by Crippen LogP contribution is -2.37. The molecule has 1 aliphatic rings. The summed E-state index contributed by atoms with van der Waals surface area (Å²) in [4.78, 5) is 16.7. The van der Waals surface area contributed by atoms with Gasteiger partial charge in [0.25, 0.3) is 0 Å². The van der Waals surface area contributed by atoms with Gasteiger partial charge in [-0.15, -0.1) is 11.8 Å². The van der Waals surface area contributed by atoms with Crippen molar-refractivity contribution in [1.29, 1.82) is 0 Å². The van der Waals surface area contributed by atoms with E-state index in [9.17, 15) is 4.79 Å². The Kier molecular flexibility index (Phi) is 2.68. The molecule has 1 fully saturated rings. The average molecular weight is 225 g/mol. The first-order valence-corrected chi connectivity index (χ1v) is 5.62. The Hall–Kier alpha value is -1.43. The average Bonchev–Trinajstić information content (AvgIpc) is 2.67. The minimum atomic E-state index is -0.795. The van der Waals surface area contributed by atoms with Crippen molar-refractivity contribution >= 4 is 29.2 Å². The van der Waals surface area contributed by atoms with E-state index in [1.54, 1.807) is 30.1 Å². The van der Waals surface area contributed by atoms with Gasteiger partial charge < -0.3 is 15.7 Å². The molecule has 0 aliphatic carbocycles. The molecular formula is C9H11N3O2S. The summed E-state index contributed by atoms with van der Waals surface area (Å²) in [5.74, 6) is 0.941. The number of thioether (sulfide) groups is 1. The number of nitrogen functional groups attached to an aromatic ring is 1. The summed E-state index contributed by atoms with van der Waals surface area (Å²) < 4.78 is 0. The Morgan fingerprint density at radius 2 is 2.47 bits per heavy atom. The van der Waals surface area contributed by atoms with Crippen LogP contribution in [0, 0.1) is 0 Å². The molecule has 2 rings (SSSR count). The molecule has 0 saturated carbocycles. The monoisotopic (exact) mass is 225 g/mol. The van der Waals surface area contributed by atoms with E-state index in [1.807, 2.05) is 4.90 Å². The van der Waals surface area contributed by atoms with Crippen LogP contribution in [-0.2, 0) is 4.79 Å². The molecule has 5 nitrogen and oxygen atoms in total. The smallest absolute Gasteiger partial charge is 0.327 e. The highest BCUT2D eigenvalue weighted by Gasteiger charge is 2.31. The first kappa shape index (κ1) is 10.1. The Morgan fingerprint density at radius 3 is 3.07 bits per heavy atom. The SMILES string of the molecule is Nc1ccc(N2CSCC2C(=O)O)cn1. The summed E-state index contributed by atoms with van der Waals surface area (Å²) in [6.45, 7) is 0. The maximum absolute atomic E-state index is 11.0. The van der Waals surface area contributed by atoms with Crippen LogP contribution in [0.5, 0.6) is 0 Å². The summed E-state index contributed by atoms with van der Waals surface area (Å²) in [5, 5.41) is 9.00. The summed E-state index contributed by atoms with van der Waals surface area (Å²) in [5.41, 5.74) is 6.28. The van der Waals surface area contributed by atoms with Gasteiger partial charge in [0, 0.05) is 5.75 Å². The highest BCUT2D eigenvalue weighted by atomic mass is 32.2. The Bertz CT molecular complexity index is 368. The third-order valence-corrected chi connectivity index (χ3v) is 3.28. The lowest BCUT2D eigenvalue weighted by Gasteiger charge is -2.22. The molecule has 1 atom stereocenters. The number of aromatic nitrogens is 1. The maximum atomic E-state index is 11.0. The van der Waals surface area contributed by atoms with Gasteiger partial charge in [-0.3, -0.25) is 0 Å². The predicted octanol–water partition coefficient (Wildman–Crippen LogP) is 0.628. The lowest BCUT2D eigenvalue weighted by molar-refractivity contribution is -0.137. The fraction of sp³-hybridized carbons (Fsp3) is 0.333. The minimum absolute atomic E-state index is 0.442. The molecule has 0 amide bonds. The van der Waals surface area contributed by atoms with E-state index in [2.05, 4.69) is 4.98 Å². The van der Waals surface area contributed by atoms with Crippen LogP contribution in [0.25, 0.3) is 0 Å². The molecule has 0 radical (unpaired) electrons. The molecule has 1 saturated heterocycles. The van der Waals surface area contributed by atoms with Crippen LogP contribution < -0.4 is 10.6 Å². The van der Waals surface area contributed by atoms with Crippen molar-refractivity contribution in [2.24, 2.45) is 0 Å². The molecule has 0 spiro atoms. The second kappa shape index (κ2) is 3.98. The van der Waals surface area contributed by atoms with Crippen molar-refractivity contribution in [3.8, 4) is 0 Å². The van der Waals surface area contributed by atoms with Gasteiger partial charge in [0.1, 0.15) is 11.9 Å². The standard InChI is InChI=1S/C9H11N3O2S/c10-8-2-1-6(3-11-8)12-5-15-4-7(12)9(13)14/h1-3,7H,4-5H2,(H2,10,11)(H,13,14). The Labute approximate surface area is 91.3 Å². The van der Waals surface area contributed by atoms with E-state index >= 15 is 0 Å². The topological polar surface area (TPSA) is 79.5 Å². The largest absolute Gasteiger partial charge is 0.480 e. The van der Waals surface area contributed by atoms with Crippen LogP contribution in [0.1, 0.15) is 0 Å². The van der Waals surface area contributed by atoms with Crippen LogP contribution in [0.2, 0.25) is 0 Å². The number of pyridine rings is 1. The third-order valence-electron chi connectivity index (χ3n) is 2.27. The van der Waals surface area contributed by atoms with E-state index in [1.165, 1.54) is 0 Å². The van der Waals surface area contributed by atoms with Gasteiger partial charge in [-0.05, 0) is 12.1 Å². The molecule has 0 aromatic carbocycles. The number of carbonyl (C=O) groups is 1. The molecule has 1 aliphatic heterocycles. The van der Waals surface area contributed by atoms with Gasteiger partial charge in [-0.1, -0.05) is 0 Å². The molecule has 1 unspecified atom stereocenters. The van der Waals surface area contributed by atoms with Crippen LogP contribution in [-0.4, -0.2) is 33.7 Å². The Balaban J connectivity index is 2.22. The van der Waals surface area contributed by atoms with Crippen molar-refractivity contribution in [3.63, 3.8) is 0 Å². The number of anilines is 2. The van der Waals surface area contributed by atoms with Gasteiger partial charge in [-0.25, -0.2) is 9.78 Å². The first-order chi connectivity index (χ1) is 7.18. The first-order valence-electron chi connectivity index (χ1n) is 4.47. The van der Waals surface area contributed by atoms with E-state index in [-0.39, 0.29) is 0 Å². The van der Waals surface area contributed by atoms with Crippen molar-refractivity contribution in [1.82, 2.24) is 4.98 Å². The number of aliphatic carboxylic acids is 1. The van der Waals surface area contributed by atoms with Gasteiger partial charge in [0.2, 0.25) is 0 Å². The third kappa shape index (κ3) is 1.99. The number of rotatable bonds is 2. The molecule has 1 aromatic heterocycles. The van der Waals surface area contributed by atoms with E-state index in [4.69, 9.17) is 10.8 Å². The van der Waals surface area contributed by atoms with Crippen molar-refractivity contribution in [3.05, 3.63) is 18.3 Å². The van der Waals surface area contributed by atoms with E-state index < -0.39 is 12.0 Å². The van der Waals surface area contributed by atoms with Gasteiger partial charge in [-0.2, -0.15) is 0 Å². The van der Waals surface area contributed by atoms with E-state index in [0.29, 0.717) is 17.4 Å². The fourth-order valence-corrected chi connectivity index (χ4v) is 2.65. The summed E-state index contributed by atoms with van der Waals surface area (Å²) >= 11 is 1.60. The molecule has 6 heteroatoms. The number of carboxylic acid groups (broad SMARTS) is 1. The van der Waals surface area contributed by atoms with Gasteiger partial charge in [0.05, 0.1) is 17.8 Å². The molecule has 15 heavy (non-hydrogen) atoms. The lowest BCUT2D eigenvalue weighted by atomic mass is 10.2.